The van der Waals surface area contributed by atoms with Crippen molar-refractivity contribution >= 4 is 0 Å². The maximum atomic E-state index is 9.23. The largest absolute Gasteiger partial charge is 0.395 e. The molecule has 0 bridgehead atoms. The molecular weight excluding hydrogens is 164 g/mol. The fourth-order valence-corrected chi connectivity index (χ4v) is 1.94. The lowest BCUT2D eigenvalue weighted by molar-refractivity contribution is 0.0158. The van der Waals surface area contributed by atoms with Crippen molar-refractivity contribution in [3.05, 3.63) is 0 Å². The first-order valence-electron chi connectivity index (χ1n) is 5.06. The van der Waals surface area contributed by atoms with Crippen LogP contribution in [0, 0.1) is 0 Å². The van der Waals surface area contributed by atoms with Crippen LogP contribution in [-0.4, -0.2) is 47.3 Å². The molecule has 2 unspecified atom stereocenters. The summed E-state index contributed by atoms with van der Waals surface area (Å²) in [7, 11) is 0. The zero-order valence-corrected chi connectivity index (χ0v) is 9.17. The van der Waals surface area contributed by atoms with Crippen LogP contribution in [0.5, 0.6) is 0 Å². The van der Waals surface area contributed by atoms with Crippen molar-refractivity contribution in [1.29, 1.82) is 0 Å². The summed E-state index contributed by atoms with van der Waals surface area (Å²) in [5.41, 5.74) is 0.157. The Kier molecular flexibility index (Phi) is 3.33. The summed E-state index contributed by atoms with van der Waals surface area (Å²) < 4.78 is 0. The van der Waals surface area contributed by atoms with Crippen LogP contribution >= 0.6 is 0 Å². The molecule has 1 rings (SSSR count). The summed E-state index contributed by atoms with van der Waals surface area (Å²) in [4.78, 5) is 2.38. The SMILES string of the molecule is CC1CN(C(C)(C)C)C(CO)CN1. The third-order valence-electron chi connectivity index (χ3n) is 2.69. The molecule has 1 heterocycles. The van der Waals surface area contributed by atoms with E-state index in [-0.39, 0.29) is 18.2 Å². The maximum Gasteiger partial charge on any atom is 0.0599 e. The molecule has 0 spiro atoms. The van der Waals surface area contributed by atoms with Gasteiger partial charge >= 0.3 is 0 Å². The Morgan fingerprint density at radius 1 is 1.46 bits per heavy atom. The molecule has 1 fully saturated rings. The van der Waals surface area contributed by atoms with Crippen molar-refractivity contribution in [2.75, 3.05) is 19.7 Å². The number of nitrogens with one attached hydrogen (secondary N) is 1. The van der Waals surface area contributed by atoms with Crippen LogP contribution in [0.25, 0.3) is 0 Å². The van der Waals surface area contributed by atoms with E-state index in [9.17, 15) is 5.11 Å². The van der Waals surface area contributed by atoms with Gasteiger partial charge in [0, 0.05) is 30.7 Å². The molecule has 0 aromatic carbocycles. The van der Waals surface area contributed by atoms with Crippen molar-refractivity contribution in [2.24, 2.45) is 0 Å². The van der Waals surface area contributed by atoms with Gasteiger partial charge < -0.3 is 10.4 Å². The van der Waals surface area contributed by atoms with Gasteiger partial charge in [0.1, 0.15) is 0 Å². The standard InChI is InChI=1S/C10H22N2O/c1-8-6-12(10(2,3)4)9(7-13)5-11-8/h8-9,11,13H,5-7H2,1-4H3. The lowest BCUT2D eigenvalue weighted by Crippen LogP contribution is -2.62. The van der Waals surface area contributed by atoms with E-state index in [0.717, 1.165) is 13.1 Å². The molecule has 0 saturated carbocycles. The lowest BCUT2D eigenvalue weighted by Gasteiger charge is -2.46. The number of nitrogens with zero attached hydrogens (tertiary/aromatic N) is 1. The molecule has 1 aliphatic heterocycles. The van der Waals surface area contributed by atoms with Crippen LogP contribution in [0.3, 0.4) is 0 Å². The molecule has 1 aliphatic rings. The van der Waals surface area contributed by atoms with Crippen LogP contribution in [0.4, 0.5) is 0 Å². The Balaban J connectivity index is 2.65. The summed E-state index contributed by atoms with van der Waals surface area (Å²) >= 11 is 0. The second kappa shape index (κ2) is 3.95. The van der Waals surface area contributed by atoms with E-state index >= 15 is 0 Å². The third kappa shape index (κ3) is 2.66. The monoisotopic (exact) mass is 186 g/mol. The summed E-state index contributed by atoms with van der Waals surface area (Å²) in [5, 5.41) is 12.6. The summed E-state index contributed by atoms with van der Waals surface area (Å²) in [5.74, 6) is 0. The van der Waals surface area contributed by atoms with Gasteiger partial charge in [0.2, 0.25) is 0 Å². The lowest BCUT2D eigenvalue weighted by atomic mass is 9.99. The van der Waals surface area contributed by atoms with Gasteiger partial charge in [0.05, 0.1) is 6.61 Å². The van der Waals surface area contributed by atoms with E-state index in [1.807, 2.05) is 0 Å². The zero-order chi connectivity index (χ0) is 10.1. The summed E-state index contributed by atoms with van der Waals surface area (Å²) in [6.07, 6.45) is 0. The molecule has 0 radical (unpaired) electrons. The number of rotatable bonds is 1. The van der Waals surface area contributed by atoms with Gasteiger partial charge in [0.15, 0.2) is 0 Å². The van der Waals surface area contributed by atoms with Crippen LogP contribution in [0.15, 0.2) is 0 Å². The van der Waals surface area contributed by atoms with E-state index in [2.05, 4.69) is 37.9 Å². The van der Waals surface area contributed by atoms with Gasteiger partial charge in [0.25, 0.3) is 0 Å². The first-order chi connectivity index (χ1) is 5.95. The van der Waals surface area contributed by atoms with Gasteiger partial charge in [-0.2, -0.15) is 0 Å². The van der Waals surface area contributed by atoms with Crippen molar-refractivity contribution in [3.63, 3.8) is 0 Å². The molecular formula is C10H22N2O. The predicted molar refractivity (Wildman–Crippen MR) is 54.8 cm³/mol. The topological polar surface area (TPSA) is 35.5 Å². The Morgan fingerprint density at radius 3 is 2.54 bits per heavy atom. The molecule has 0 aromatic rings. The normalized spacial score (nSPS) is 32.1. The predicted octanol–water partition coefficient (Wildman–Crippen LogP) is 0.439. The Morgan fingerprint density at radius 2 is 2.08 bits per heavy atom. The van der Waals surface area contributed by atoms with Gasteiger partial charge in [-0.1, -0.05) is 0 Å². The van der Waals surface area contributed by atoms with Crippen LogP contribution < -0.4 is 5.32 Å². The summed E-state index contributed by atoms with van der Waals surface area (Å²) in [6.45, 7) is 11.0. The molecule has 13 heavy (non-hydrogen) atoms. The van der Waals surface area contributed by atoms with Gasteiger partial charge in [-0.15, -0.1) is 0 Å². The molecule has 0 amide bonds. The third-order valence-corrected chi connectivity index (χ3v) is 2.69. The highest BCUT2D eigenvalue weighted by atomic mass is 16.3. The van der Waals surface area contributed by atoms with E-state index in [0.29, 0.717) is 6.04 Å². The molecule has 78 valence electrons. The fourth-order valence-electron chi connectivity index (χ4n) is 1.94. The van der Waals surface area contributed by atoms with Crippen LogP contribution in [0.2, 0.25) is 0 Å². The number of hydrogen-bond acceptors (Lipinski definition) is 3. The highest BCUT2D eigenvalue weighted by molar-refractivity contribution is 4.90. The molecule has 1 saturated heterocycles. The van der Waals surface area contributed by atoms with Gasteiger partial charge in [-0.05, 0) is 27.7 Å². The van der Waals surface area contributed by atoms with E-state index in [1.54, 1.807) is 0 Å². The highest BCUT2D eigenvalue weighted by Gasteiger charge is 2.32. The minimum Gasteiger partial charge on any atom is -0.395 e. The smallest absolute Gasteiger partial charge is 0.0599 e. The van der Waals surface area contributed by atoms with E-state index < -0.39 is 0 Å². The minimum atomic E-state index is 0.157. The van der Waals surface area contributed by atoms with E-state index in [1.165, 1.54) is 0 Å². The molecule has 0 aliphatic carbocycles. The quantitative estimate of drug-likeness (QED) is 0.624. The second-order valence-electron chi connectivity index (χ2n) is 4.97. The highest BCUT2D eigenvalue weighted by Crippen LogP contribution is 2.19. The summed E-state index contributed by atoms with van der Waals surface area (Å²) in [6, 6.07) is 0.804. The zero-order valence-electron chi connectivity index (χ0n) is 9.17. The van der Waals surface area contributed by atoms with Crippen LogP contribution in [-0.2, 0) is 0 Å². The number of piperazine rings is 1. The van der Waals surface area contributed by atoms with Crippen molar-refractivity contribution in [2.45, 2.75) is 45.3 Å². The Hall–Kier alpha value is -0.120. The average molecular weight is 186 g/mol. The maximum absolute atomic E-state index is 9.23. The molecule has 2 atom stereocenters. The minimum absolute atomic E-state index is 0.157. The Labute approximate surface area is 81.1 Å². The van der Waals surface area contributed by atoms with Crippen molar-refractivity contribution in [1.82, 2.24) is 10.2 Å². The van der Waals surface area contributed by atoms with Gasteiger partial charge in [-0.25, -0.2) is 0 Å². The van der Waals surface area contributed by atoms with E-state index in [4.69, 9.17) is 0 Å². The average Bonchev–Trinajstić information content (AvgIpc) is 2.03. The number of hydrogen-bond donors (Lipinski definition) is 2. The molecule has 3 nitrogen and oxygen atoms in total. The fraction of sp³-hybridized carbons (Fsp3) is 1.00. The Bertz CT molecular complexity index is 165. The van der Waals surface area contributed by atoms with Crippen LogP contribution in [0.1, 0.15) is 27.7 Å². The first-order valence-corrected chi connectivity index (χ1v) is 5.06. The second-order valence-corrected chi connectivity index (χ2v) is 4.97. The van der Waals surface area contributed by atoms with Crippen molar-refractivity contribution < 1.29 is 5.11 Å². The number of aliphatic hydroxyl groups excluding tert-OH is 1. The molecule has 3 heteroatoms. The molecule has 2 N–H and O–H groups in total. The van der Waals surface area contributed by atoms with Gasteiger partial charge in [-0.3, -0.25) is 4.90 Å². The molecule has 0 aromatic heterocycles. The van der Waals surface area contributed by atoms with Crippen molar-refractivity contribution in [3.8, 4) is 0 Å². The number of aliphatic hydroxyl groups is 1. The first kappa shape index (κ1) is 11.0.